The number of hydrogen-bond donors (Lipinski definition) is 1. The van der Waals surface area contributed by atoms with Crippen LogP contribution in [0.15, 0.2) is 23.6 Å². The predicted molar refractivity (Wildman–Crippen MR) is 69.4 cm³/mol. The fourth-order valence-corrected chi connectivity index (χ4v) is 2.27. The molecule has 0 spiro atoms. The quantitative estimate of drug-likeness (QED) is 0.916. The Morgan fingerprint density at radius 3 is 2.50 bits per heavy atom. The van der Waals surface area contributed by atoms with Crippen molar-refractivity contribution in [2.24, 2.45) is 0 Å². The third kappa shape index (κ3) is 3.34. The lowest BCUT2D eigenvalue weighted by Gasteiger charge is -2.04. The fraction of sp³-hybridized carbons (Fsp3) is 0.308. The topological polar surface area (TPSA) is 24.9 Å². The molecule has 2 rings (SSSR count). The van der Waals surface area contributed by atoms with Gasteiger partial charge in [-0.3, -0.25) is 0 Å². The van der Waals surface area contributed by atoms with E-state index in [0.717, 1.165) is 11.1 Å². The second-order valence-electron chi connectivity index (χ2n) is 4.32. The summed E-state index contributed by atoms with van der Waals surface area (Å²) in [5, 5.41) is 5.97. The average Bonchev–Trinajstić information content (AvgIpc) is 2.73. The van der Waals surface area contributed by atoms with E-state index in [0.29, 0.717) is 23.8 Å². The van der Waals surface area contributed by atoms with Crippen molar-refractivity contribution in [1.29, 1.82) is 0 Å². The van der Waals surface area contributed by atoms with Crippen molar-refractivity contribution >= 4 is 11.3 Å². The second-order valence-corrected chi connectivity index (χ2v) is 5.26. The fourth-order valence-electron chi connectivity index (χ4n) is 1.52. The molecule has 2 nitrogen and oxygen atoms in total. The van der Waals surface area contributed by atoms with Crippen LogP contribution in [0.5, 0.6) is 0 Å². The van der Waals surface area contributed by atoms with Crippen LogP contribution in [0.2, 0.25) is 0 Å². The number of hydrogen-bond acceptors (Lipinski definition) is 3. The molecule has 18 heavy (non-hydrogen) atoms. The summed E-state index contributed by atoms with van der Waals surface area (Å²) in [7, 11) is 0. The van der Waals surface area contributed by atoms with Crippen LogP contribution >= 0.6 is 11.3 Å². The molecule has 0 bridgehead atoms. The first-order valence-corrected chi connectivity index (χ1v) is 6.57. The molecule has 0 fully saturated rings. The summed E-state index contributed by atoms with van der Waals surface area (Å²) in [6.45, 7) is 4.77. The van der Waals surface area contributed by atoms with Gasteiger partial charge in [0.25, 0.3) is 0 Å². The number of nitrogens with one attached hydrogen (secondary N) is 1. The van der Waals surface area contributed by atoms with Gasteiger partial charge in [-0.05, 0) is 12.1 Å². The number of nitrogens with zero attached hydrogens (tertiary/aromatic N) is 1. The van der Waals surface area contributed by atoms with Crippen LogP contribution in [-0.2, 0) is 6.54 Å². The zero-order chi connectivity index (χ0) is 13.1. The van der Waals surface area contributed by atoms with Gasteiger partial charge in [0.05, 0.1) is 5.69 Å². The summed E-state index contributed by atoms with van der Waals surface area (Å²) < 4.78 is 26.2. The normalized spacial score (nSPS) is 11.2. The molecule has 0 atom stereocenters. The molecule has 0 aliphatic heterocycles. The molecular formula is C13H14F2N2S. The van der Waals surface area contributed by atoms with E-state index in [9.17, 15) is 8.78 Å². The molecular weight excluding hydrogens is 254 g/mol. The molecule has 1 aromatic heterocycles. The maximum atomic E-state index is 13.1. The van der Waals surface area contributed by atoms with Crippen LogP contribution in [0.25, 0.3) is 11.3 Å². The van der Waals surface area contributed by atoms with E-state index in [2.05, 4.69) is 24.1 Å². The van der Waals surface area contributed by atoms with Crippen LogP contribution < -0.4 is 5.32 Å². The van der Waals surface area contributed by atoms with Gasteiger partial charge in [0, 0.05) is 29.6 Å². The predicted octanol–water partition coefficient (Wildman–Crippen LogP) is 3.59. The standard InChI is InChI=1S/C13H14F2N2S/c1-8(2)16-6-13-17-12(7-18-13)9-3-10(14)5-11(15)4-9/h3-5,7-8,16H,6H2,1-2H3. The van der Waals surface area contributed by atoms with Gasteiger partial charge >= 0.3 is 0 Å². The van der Waals surface area contributed by atoms with Crippen molar-refractivity contribution in [2.75, 3.05) is 0 Å². The van der Waals surface area contributed by atoms with E-state index in [1.807, 2.05) is 5.38 Å². The third-order valence-corrected chi connectivity index (χ3v) is 3.22. The van der Waals surface area contributed by atoms with E-state index in [-0.39, 0.29) is 0 Å². The Bertz CT molecular complexity index is 517. The largest absolute Gasteiger partial charge is 0.308 e. The summed E-state index contributed by atoms with van der Waals surface area (Å²) in [5.74, 6) is -1.17. The van der Waals surface area contributed by atoms with Gasteiger partial charge in [-0.1, -0.05) is 13.8 Å². The minimum Gasteiger partial charge on any atom is -0.308 e. The van der Waals surface area contributed by atoms with E-state index < -0.39 is 11.6 Å². The molecule has 0 radical (unpaired) electrons. The number of halogens is 2. The number of rotatable bonds is 4. The number of thiazole rings is 1. The maximum absolute atomic E-state index is 13.1. The van der Waals surface area contributed by atoms with E-state index >= 15 is 0 Å². The summed E-state index contributed by atoms with van der Waals surface area (Å²) in [6.07, 6.45) is 0. The molecule has 0 saturated heterocycles. The molecule has 96 valence electrons. The van der Waals surface area contributed by atoms with Crippen molar-refractivity contribution in [3.05, 3.63) is 40.2 Å². The monoisotopic (exact) mass is 268 g/mol. The summed E-state index contributed by atoms with van der Waals surface area (Å²) in [5.41, 5.74) is 1.08. The van der Waals surface area contributed by atoms with Crippen LogP contribution in [0.1, 0.15) is 18.9 Å². The van der Waals surface area contributed by atoms with E-state index in [4.69, 9.17) is 0 Å². The molecule has 0 saturated carbocycles. The van der Waals surface area contributed by atoms with Gasteiger partial charge < -0.3 is 5.32 Å². The van der Waals surface area contributed by atoms with Gasteiger partial charge in [0.2, 0.25) is 0 Å². The van der Waals surface area contributed by atoms with Crippen molar-refractivity contribution in [1.82, 2.24) is 10.3 Å². The Kier molecular flexibility index (Phi) is 4.04. The van der Waals surface area contributed by atoms with Crippen LogP contribution in [-0.4, -0.2) is 11.0 Å². The molecule has 1 aromatic carbocycles. The van der Waals surface area contributed by atoms with Crippen LogP contribution in [0, 0.1) is 11.6 Å². The Morgan fingerprint density at radius 2 is 1.89 bits per heavy atom. The molecule has 1 heterocycles. The van der Waals surface area contributed by atoms with Crippen LogP contribution in [0.4, 0.5) is 8.78 Å². The van der Waals surface area contributed by atoms with Crippen molar-refractivity contribution in [3.63, 3.8) is 0 Å². The Hall–Kier alpha value is -1.33. The first-order chi connectivity index (χ1) is 8.54. The SMILES string of the molecule is CC(C)NCc1nc(-c2cc(F)cc(F)c2)cs1. The minimum absolute atomic E-state index is 0.379. The lowest BCUT2D eigenvalue weighted by molar-refractivity contribution is 0.583. The van der Waals surface area contributed by atoms with E-state index in [1.54, 1.807) is 0 Å². The molecule has 0 aliphatic rings. The summed E-state index contributed by atoms with van der Waals surface area (Å²) >= 11 is 1.48. The Balaban J connectivity index is 2.18. The Labute approximate surface area is 109 Å². The highest BCUT2D eigenvalue weighted by Crippen LogP contribution is 2.23. The van der Waals surface area contributed by atoms with Gasteiger partial charge in [0.15, 0.2) is 0 Å². The first kappa shape index (κ1) is 13.1. The van der Waals surface area contributed by atoms with Gasteiger partial charge in [0.1, 0.15) is 16.6 Å². The molecule has 0 unspecified atom stereocenters. The number of benzene rings is 1. The van der Waals surface area contributed by atoms with Gasteiger partial charge in [-0.2, -0.15) is 0 Å². The Morgan fingerprint density at radius 1 is 1.22 bits per heavy atom. The van der Waals surface area contributed by atoms with Gasteiger partial charge in [-0.15, -0.1) is 11.3 Å². The van der Waals surface area contributed by atoms with Gasteiger partial charge in [-0.25, -0.2) is 13.8 Å². The molecule has 0 amide bonds. The zero-order valence-electron chi connectivity index (χ0n) is 10.2. The zero-order valence-corrected chi connectivity index (χ0v) is 11.0. The lowest BCUT2D eigenvalue weighted by atomic mass is 10.1. The smallest absolute Gasteiger partial charge is 0.126 e. The maximum Gasteiger partial charge on any atom is 0.126 e. The summed E-state index contributed by atoms with van der Waals surface area (Å²) in [4.78, 5) is 4.36. The van der Waals surface area contributed by atoms with Crippen molar-refractivity contribution < 1.29 is 8.78 Å². The van der Waals surface area contributed by atoms with Crippen molar-refractivity contribution in [3.8, 4) is 11.3 Å². The van der Waals surface area contributed by atoms with E-state index in [1.165, 1.54) is 23.5 Å². The second kappa shape index (κ2) is 5.54. The lowest BCUT2D eigenvalue weighted by Crippen LogP contribution is -2.21. The van der Waals surface area contributed by atoms with Crippen molar-refractivity contribution in [2.45, 2.75) is 26.4 Å². The molecule has 0 aliphatic carbocycles. The summed E-state index contributed by atoms with van der Waals surface area (Å²) in [6, 6.07) is 3.82. The number of aromatic nitrogens is 1. The molecule has 2 aromatic rings. The highest BCUT2D eigenvalue weighted by Gasteiger charge is 2.08. The highest BCUT2D eigenvalue weighted by atomic mass is 32.1. The first-order valence-electron chi connectivity index (χ1n) is 5.69. The molecule has 5 heteroatoms. The average molecular weight is 268 g/mol. The highest BCUT2D eigenvalue weighted by molar-refractivity contribution is 7.09. The molecule has 1 N–H and O–H groups in total. The minimum atomic E-state index is -0.583. The third-order valence-electron chi connectivity index (χ3n) is 2.37. The van der Waals surface area contributed by atoms with Crippen LogP contribution in [0.3, 0.4) is 0 Å².